The van der Waals surface area contributed by atoms with E-state index in [1.165, 1.54) is 37.3 Å². The Kier molecular flexibility index (Phi) is 10.8. The van der Waals surface area contributed by atoms with Crippen LogP contribution in [-0.4, -0.2) is 64.5 Å². The Morgan fingerprint density at radius 3 is 2.10 bits per heavy atom. The summed E-state index contributed by atoms with van der Waals surface area (Å²) in [6.45, 7) is 6.95. The van der Waals surface area contributed by atoms with E-state index in [4.69, 9.17) is 9.47 Å². The van der Waals surface area contributed by atoms with Crippen LogP contribution < -0.4 is 19.1 Å². The summed E-state index contributed by atoms with van der Waals surface area (Å²) in [5.74, 6) is -0.197. The molecule has 0 aromatic heterocycles. The van der Waals surface area contributed by atoms with Gasteiger partial charge < -0.3 is 19.7 Å². The van der Waals surface area contributed by atoms with Crippen molar-refractivity contribution < 1.29 is 27.5 Å². The lowest BCUT2D eigenvalue weighted by Crippen LogP contribution is -2.53. The normalized spacial score (nSPS) is 12.0. The fraction of sp³-hybridized carbons (Fsp3) is 0.355. The Balaban J connectivity index is 2.02. The van der Waals surface area contributed by atoms with Crippen molar-refractivity contribution in [2.45, 2.75) is 51.1 Å². The molecule has 0 fully saturated rings. The SMILES string of the molecule is COc1ccc(S(=O)(=O)N(CC(=O)N(CCc2ccccc2)[C@H](C)C(=O)NC(C)C)c2ccc(C)cc2)cc1OC. The molecule has 0 radical (unpaired) electrons. The predicted molar refractivity (Wildman–Crippen MR) is 160 cm³/mol. The second-order valence-electron chi connectivity index (χ2n) is 10.0. The van der Waals surface area contributed by atoms with Crippen LogP contribution in [0.15, 0.2) is 77.7 Å². The minimum Gasteiger partial charge on any atom is -0.493 e. The highest BCUT2D eigenvalue weighted by Gasteiger charge is 2.33. The summed E-state index contributed by atoms with van der Waals surface area (Å²) in [4.78, 5) is 28.3. The van der Waals surface area contributed by atoms with Gasteiger partial charge in [-0.15, -0.1) is 0 Å². The third-order valence-electron chi connectivity index (χ3n) is 6.63. The second kappa shape index (κ2) is 14.0. The van der Waals surface area contributed by atoms with Gasteiger partial charge in [0.25, 0.3) is 10.0 Å². The van der Waals surface area contributed by atoms with E-state index in [2.05, 4.69) is 5.32 Å². The van der Waals surface area contributed by atoms with Crippen LogP contribution in [-0.2, 0) is 26.0 Å². The van der Waals surface area contributed by atoms with E-state index in [1.54, 1.807) is 31.2 Å². The highest BCUT2D eigenvalue weighted by molar-refractivity contribution is 7.92. The molecule has 0 unspecified atom stereocenters. The molecule has 3 aromatic rings. The molecule has 0 bridgehead atoms. The first kappa shape index (κ1) is 31.5. The summed E-state index contributed by atoms with van der Waals surface area (Å²) in [6.07, 6.45) is 0.499. The number of hydrogen-bond acceptors (Lipinski definition) is 6. The molecule has 0 saturated heterocycles. The average Bonchev–Trinajstić information content (AvgIpc) is 2.96. The van der Waals surface area contributed by atoms with Crippen molar-refractivity contribution in [3.8, 4) is 11.5 Å². The summed E-state index contributed by atoms with van der Waals surface area (Å²) in [7, 11) is -1.35. The fourth-order valence-corrected chi connectivity index (χ4v) is 5.75. The van der Waals surface area contributed by atoms with Crippen molar-refractivity contribution in [2.75, 3.05) is 31.6 Å². The Hall–Kier alpha value is -4.05. The van der Waals surface area contributed by atoms with Gasteiger partial charge in [0, 0.05) is 18.7 Å². The zero-order valence-electron chi connectivity index (χ0n) is 24.5. The standard InChI is InChI=1S/C31H39N3O6S/c1-22(2)32-31(36)24(4)33(19-18-25-10-8-7-9-11-25)30(35)21-34(26-14-12-23(3)13-15-26)41(37,38)27-16-17-28(39-5)29(20-27)40-6/h7-17,20,22,24H,18-19,21H2,1-6H3,(H,32,36)/t24-/m1/s1. The molecule has 10 heteroatoms. The Labute approximate surface area is 243 Å². The lowest BCUT2D eigenvalue weighted by molar-refractivity contribution is -0.139. The third kappa shape index (κ3) is 8.00. The molecule has 41 heavy (non-hydrogen) atoms. The number of carbonyl (C=O) groups is 2. The van der Waals surface area contributed by atoms with E-state index < -0.39 is 28.5 Å². The number of sulfonamides is 1. The minimum absolute atomic E-state index is 0.0649. The quantitative estimate of drug-likeness (QED) is 0.325. The molecule has 0 aliphatic rings. The summed E-state index contributed by atoms with van der Waals surface area (Å²) in [5, 5.41) is 2.86. The van der Waals surface area contributed by atoms with Gasteiger partial charge in [-0.2, -0.15) is 0 Å². The topological polar surface area (TPSA) is 105 Å². The Morgan fingerprint density at radius 2 is 1.51 bits per heavy atom. The Morgan fingerprint density at radius 1 is 0.878 bits per heavy atom. The van der Waals surface area contributed by atoms with Crippen molar-refractivity contribution >= 4 is 27.5 Å². The highest BCUT2D eigenvalue weighted by atomic mass is 32.2. The van der Waals surface area contributed by atoms with Gasteiger partial charge in [0.2, 0.25) is 11.8 Å². The number of rotatable bonds is 13. The predicted octanol–water partition coefficient (Wildman–Crippen LogP) is 4.19. The molecule has 3 aromatic carbocycles. The molecule has 0 aliphatic carbocycles. The smallest absolute Gasteiger partial charge is 0.264 e. The fourth-order valence-electron chi connectivity index (χ4n) is 4.32. The largest absolute Gasteiger partial charge is 0.493 e. The summed E-state index contributed by atoms with van der Waals surface area (Å²) >= 11 is 0. The number of benzene rings is 3. The van der Waals surface area contributed by atoms with Crippen LogP contribution in [0.1, 0.15) is 31.9 Å². The molecule has 3 rings (SSSR count). The van der Waals surface area contributed by atoms with E-state index in [9.17, 15) is 18.0 Å². The molecular formula is C31H39N3O6S. The number of aryl methyl sites for hydroxylation is 1. The van der Waals surface area contributed by atoms with Crippen LogP contribution in [0.2, 0.25) is 0 Å². The first-order valence-corrected chi connectivity index (χ1v) is 14.9. The molecule has 220 valence electrons. The average molecular weight is 582 g/mol. The minimum atomic E-state index is -4.24. The molecule has 9 nitrogen and oxygen atoms in total. The van der Waals surface area contributed by atoms with Crippen molar-refractivity contribution in [1.82, 2.24) is 10.2 Å². The van der Waals surface area contributed by atoms with E-state index in [0.29, 0.717) is 17.9 Å². The monoisotopic (exact) mass is 581 g/mol. The van der Waals surface area contributed by atoms with Crippen molar-refractivity contribution in [3.05, 3.63) is 83.9 Å². The molecule has 0 heterocycles. The van der Waals surface area contributed by atoms with Crippen molar-refractivity contribution in [2.24, 2.45) is 0 Å². The maximum absolute atomic E-state index is 14.1. The number of ether oxygens (including phenoxy) is 2. The maximum Gasteiger partial charge on any atom is 0.264 e. The van der Waals surface area contributed by atoms with E-state index in [0.717, 1.165) is 15.4 Å². The zero-order valence-corrected chi connectivity index (χ0v) is 25.3. The van der Waals surface area contributed by atoms with Crippen molar-refractivity contribution in [3.63, 3.8) is 0 Å². The molecular weight excluding hydrogens is 542 g/mol. The lowest BCUT2D eigenvalue weighted by atomic mass is 10.1. The zero-order chi connectivity index (χ0) is 30.2. The number of methoxy groups -OCH3 is 2. The lowest BCUT2D eigenvalue weighted by Gasteiger charge is -2.32. The molecule has 1 atom stereocenters. The van der Waals surface area contributed by atoms with Crippen LogP contribution in [0.4, 0.5) is 5.69 Å². The highest BCUT2D eigenvalue weighted by Crippen LogP contribution is 2.32. The van der Waals surface area contributed by atoms with Gasteiger partial charge in [-0.05, 0) is 63.9 Å². The van der Waals surface area contributed by atoms with E-state index >= 15 is 0 Å². The van der Waals surface area contributed by atoms with Gasteiger partial charge in [-0.3, -0.25) is 13.9 Å². The van der Waals surface area contributed by atoms with Gasteiger partial charge in [-0.25, -0.2) is 8.42 Å². The van der Waals surface area contributed by atoms with Gasteiger partial charge in [0.15, 0.2) is 11.5 Å². The van der Waals surface area contributed by atoms with Crippen LogP contribution >= 0.6 is 0 Å². The maximum atomic E-state index is 14.1. The van der Waals surface area contributed by atoms with Crippen LogP contribution in [0.25, 0.3) is 0 Å². The van der Waals surface area contributed by atoms with Crippen LogP contribution in [0.5, 0.6) is 11.5 Å². The number of amides is 2. The van der Waals surface area contributed by atoms with Gasteiger partial charge in [0.05, 0.1) is 24.8 Å². The first-order chi connectivity index (χ1) is 19.5. The molecule has 0 aliphatic heterocycles. The van der Waals surface area contributed by atoms with E-state index in [-0.39, 0.29) is 29.1 Å². The summed E-state index contributed by atoms with van der Waals surface area (Å²) in [5.41, 5.74) is 2.25. The van der Waals surface area contributed by atoms with Crippen LogP contribution in [0, 0.1) is 6.92 Å². The molecule has 0 spiro atoms. The summed E-state index contributed by atoms with van der Waals surface area (Å²) < 4.78 is 39.8. The second-order valence-corrected chi connectivity index (χ2v) is 11.9. The first-order valence-electron chi connectivity index (χ1n) is 13.4. The Bertz CT molecular complexity index is 1430. The molecule has 2 amide bonds. The molecule has 1 N–H and O–H groups in total. The third-order valence-corrected chi connectivity index (χ3v) is 8.40. The number of hydrogen-bond donors (Lipinski definition) is 1. The number of anilines is 1. The number of carbonyl (C=O) groups excluding carboxylic acids is 2. The van der Waals surface area contributed by atoms with Crippen LogP contribution in [0.3, 0.4) is 0 Å². The van der Waals surface area contributed by atoms with Gasteiger partial charge >= 0.3 is 0 Å². The van der Waals surface area contributed by atoms with E-state index in [1.807, 2.05) is 51.1 Å². The van der Waals surface area contributed by atoms with Gasteiger partial charge in [0.1, 0.15) is 12.6 Å². The number of nitrogens with zero attached hydrogens (tertiary/aromatic N) is 2. The molecule has 0 saturated carbocycles. The number of nitrogens with one attached hydrogen (secondary N) is 1. The van der Waals surface area contributed by atoms with Crippen molar-refractivity contribution in [1.29, 1.82) is 0 Å². The van der Waals surface area contributed by atoms with Gasteiger partial charge in [-0.1, -0.05) is 48.0 Å². The summed E-state index contributed by atoms with van der Waals surface area (Å²) in [6, 6.07) is 19.8.